The third-order valence-electron chi connectivity index (χ3n) is 4.62. The summed E-state index contributed by atoms with van der Waals surface area (Å²) in [4.78, 5) is 0. The lowest BCUT2D eigenvalue weighted by atomic mass is 9.86. The predicted molar refractivity (Wildman–Crippen MR) is 78.9 cm³/mol. The molecule has 1 saturated carbocycles. The zero-order chi connectivity index (χ0) is 13.1. The van der Waals surface area contributed by atoms with Gasteiger partial charge in [-0.05, 0) is 61.8 Å². The van der Waals surface area contributed by atoms with Crippen molar-refractivity contribution >= 4 is 0 Å². The first-order valence-corrected chi connectivity index (χ1v) is 7.38. The van der Waals surface area contributed by atoms with Gasteiger partial charge < -0.3 is 5.32 Å². The van der Waals surface area contributed by atoms with Crippen LogP contribution in [0.4, 0.5) is 0 Å². The third kappa shape index (κ3) is 3.14. The molecule has 1 heteroatoms. The normalized spacial score (nSPS) is 24.2. The van der Waals surface area contributed by atoms with Crippen molar-refractivity contribution in [2.45, 2.75) is 66.0 Å². The molecule has 0 heterocycles. The minimum absolute atomic E-state index is 0.722. The van der Waals surface area contributed by atoms with Gasteiger partial charge in [-0.15, -0.1) is 0 Å². The molecule has 2 unspecified atom stereocenters. The van der Waals surface area contributed by atoms with Crippen molar-refractivity contribution in [3.8, 4) is 0 Å². The van der Waals surface area contributed by atoms with Gasteiger partial charge in [0.2, 0.25) is 0 Å². The number of nitrogens with one attached hydrogen (secondary N) is 1. The average molecular weight is 245 g/mol. The Labute approximate surface area is 112 Å². The van der Waals surface area contributed by atoms with E-state index >= 15 is 0 Å². The standard InChI is InChI=1S/C17H27N/c1-12-7-5-6-8-17(12)18-11-16-10-14(3)13(2)9-15(16)4/h9-10,12,17-18H,5-8,11H2,1-4H3. The Morgan fingerprint density at radius 2 is 1.67 bits per heavy atom. The zero-order valence-corrected chi connectivity index (χ0v) is 12.3. The molecule has 0 radical (unpaired) electrons. The number of hydrogen-bond acceptors (Lipinski definition) is 1. The predicted octanol–water partition coefficient (Wildman–Crippen LogP) is 4.28. The SMILES string of the molecule is Cc1cc(C)c(CNC2CCCCC2C)cc1C. The summed E-state index contributed by atoms with van der Waals surface area (Å²) in [5.74, 6) is 0.839. The molecule has 1 aromatic carbocycles. The molecule has 0 bridgehead atoms. The van der Waals surface area contributed by atoms with Crippen molar-refractivity contribution in [1.82, 2.24) is 5.32 Å². The highest BCUT2D eigenvalue weighted by molar-refractivity contribution is 5.36. The lowest BCUT2D eigenvalue weighted by molar-refractivity contribution is 0.279. The largest absolute Gasteiger partial charge is 0.310 e. The Morgan fingerprint density at radius 1 is 1.00 bits per heavy atom. The van der Waals surface area contributed by atoms with Crippen LogP contribution in [0.25, 0.3) is 0 Å². The summed E-state index contributed by atoms with van der Waals surface area (Å²) in [5.41, 5.74) is 5.71. The quantitative estimate of drug-likeness (QED) is 0.838. The van der Waals surface area contributed by atoms with E-state index in [1.54, 1.807) is 0 Å². The molecule has 1 aliphatic rings. The van der Waals surface area contributed by atoms with Crippen LogP contribution in [0.3, 0.4) is 0 Å². The average Bonchev–Trinajstić information content (AvgIpc) is 2.34. The van der Waals surface area contributed by atoms with Crippen LogP contribution in [0, 0.1) is 26.7 Å². The lowest BCUT2D eigenvalue weighted by Gasteiger charge is -2.30. The van der Waals surface area contributed by atoms with E-state index < -0.39 is 0 Å². The van der Waals surface area contributed by atoms with E-state index in [1.165, 1.54) is 47.9 Å². The van der Waals surface area contributed by atoms with Crippen LogP contribution in [-0.4, -0.2) is 6.04 Å². The molecule has 1 fully saturated rings. The fraction of sp³-hybridized carbons (Fsp3) is 0.647. The van der Waals surface area contributed by atoms with Gasteiger partial charge in [-0.2, -0.15) is 0 Å². The molecule has 100 valence electrons. The molecule has 1 aromatic rings. The molecule has 0 spiro atoms. The maximum absolute atomic E-state index is 3.78. The molecule has 1 N–H and O–H groups in total. The number of hydrogen-bond donors (Lipinski definition) is 1. The first-order valence-electron chi connectivity index (χ1n) is 7.38. The van der Waals surface area contributed by atoms with E-state index in [0.717, 1.165) is 18.5 Å². The van der Waals surface area contributed by atoms with E-state index in [1.807, 2.05) is 0 Å². The highest BCUT2D eigenvalue weighted by Crippen LogP contribution is 2.24. The summed E-state index contributed by atoms with van der Waals surface area (Å²) in [6.07, 6.45) is 5.56. The van der Waals surface area contributed by atoms with Gasteiger partial charge in [-0.25, -0.2) is 0 Å². The van der Waals surface area contributed by atoms with Crippen LogP contribution in [0.15, 0.2) is 12.1 Å². The molecular formula is C17H27N. The summed E-state index contributed by atoms with van der Waals surface area (Å²) in [6.45, 7) is 10.1. The molecule has 2 atom stereocenters. The minimum atomic E-state index is 0.722. The number of rotatable bonds is 3. The first kappa shape index (κ1) is 13.6. The van der Waals surface area contributed by atoms with Gasteiger partial charge in [0.25, 0.3) is 0 Å². The van der Waals surface area contributed by atoms with Crippen LogP contribution in [0.2, 0.25) is 0 Å². The van der Waals surface area contributed by atoms with Crippen LogP contribution >= 0.6 is 0 Å². The summed E-state index contributed by atoms with van der Waals surface area (Å²) >= 11 is 0. The summed E-state index contributed by atoms with van der Waals surface area (Å²) in [7, 11) is 0. The molecule has 2 rings (SSSR count). The Hall–Kier alpha value is -0.820. The van der Waals surface area contributed by atoms with Gasteiger partial charge in [-0.3, -0.25) is 0 Å². The highest BCUT2D eigenvalue weighted by atomic mass is 14.9. The smallest absolute Gasteiger partial charge is 0.0210 e. The van der Waals surface area contributed by atoms with Crippen LogP contribution in [0.1, 0.15) is 54.9 Å². The third-order valence-corrected chi connectivity index (χ3v) is 4.62. The number of aryl methyl sites for hydroxylation is 3. The second kappa shape index (κ2) is 5.88. The molecule has 0 amide bonds. The molecule has 0 saturated heterocycles. The van der Waals surface area contributed by atoms with Crippen LogP contribution < -0.4 is 5.32 Å². The molecular weight excluding hydrogens is 218 g/mol. The van der Waals surface area contributed by atoms with Crippen molar-refractivity contribution in [3.05, 3.63) is 34.4 Å². The maximum Gasteiger partial charge on any atom is 0.0210 e. The van der Waals surface area contributed by atoms with E-state index in [2.05, 4.69) is 45.1 Å². The van der Waals surface area contributed by atoms with Crippen LogP contribution in [0.5, 0.6) is 0 Å². The monoisotopic (exact) mass is 245 g/mol. The van der Waals surface area contributed by atoms with Gasteiger partial charge in [0.05, 0.1) is 0 Å². The zero-order valence-electron chi connectivity index (χ0n) is 12.3. The van der Waals surface area contributed by atoms with Gasteiger partial charge in [0, 0.05) is 12.6 Å². The summed E-state index contributed by atoms with van der Waals surface area (Å²) in [5, 5.41) is 3.78. The van der Waals surface area contributed by atoms with Crippen molar-refractivity contribution in [2.75, 3.05) is 0 Å². The van der Waals surface area contributed by atoms with E-state index in [-0.39, 0.29) is 0 Å². The second-order valence-electron chi connectivity index (χ2n) is 6.11. The van der Waals surface area contributed by atoms with Gasteiger partial charge in [-0.1, -0.05) is 31.9 Å². The van der Waals surface area contributed by atoms with Crippen molar-refractivity contribution in [1.29, 1.82) is 0 Å². The van der Waals surface area contributed by atoms with Crippen LogP contribution in [-0.2, 0) is 6.54 Å². The molecule has 1 aliphatic carbocycles. The van der Waals surface area contributed by atoms with E-state index in [9.17, 15) is 0 Å². The summed E-state index contributed by atoms with van der Waals surface area (Å²) in [6, 6.07) is 5.39. The van der Waals surface area contributed by atoms with E-state index in [0.29, 0.717) is 0 Å². The second-order valence-corrected chi connectivity index (χ2v) is 6.11. The Bertz CT molecular complexity index is 408. The summed E-state index contributed by atoms with van der Waals surface area (Å²) < 4.78 is 0. The minimum Gasteiger partial charge on any atom is -0.310 e. The van der Waals surface area contributed by atoms with Gasteiger partial charge >= 0.3 is 0 Å². The highest BCUT2D eigenvalue weighted by Gasteiger charge is 2.20. The van der Waals surface area contributed by atoms with Crippen molar-refractivity contribution in [2.24, 2.45) is 5.92 Å². The van der Waals surface area contributed by atoms with Crippen molar-refractivity contribution < 1.29 is 0 Å². The lowest BCUT2D eigenvalue weighted by Crippen LogP contribution is -2.36. The maximum atomic E-state index is 3.78. The Morgan fingerprint density at radius 3 is 2.39 bits per heavy atom. The molecule has 0 aliphatic heterocycles. The Balaban J connectivity index is 1.99. The number of benzene rings is 1. The Kier molecular flexibility index (Phi) is 4.45. The molecule has 18 heavy (non-hydrogen) atoms. The van der Waals surface area contributed by atoms with E-state index in [4.69, 9.17) is 0 Å². The van der Waals surface area contributed by atoms with Crippen molar-refractivity contribution in [3.63, 3.8) is 0 Å². The van der Waals surface area contributed by atoms with Gasteiger partial charge in [0.1, 0.15) is 0 Å². The van der Waals surface area contributed by atoms with Gasteiger partial charge in [0.15, 0.2) is 0 Å². The topological polar surface area (TPSA) is 12.0 Å². The first-order chi connectivity index (χ1) is 8.58. The molecule has 0 aromatic heterocycles. The molecule has 1 nitrogen and oxygen atoms in total. The fourth-order valence-electron chi connectivity index (χ4n) is 3.07. The fourth-order valence-corrected chi connectivity index (χ4v) is 3.07.